The number of rotatable bonds is 8. The van der Waals surface area contributed by atoms with E-state index in [1.54, 1.807) is 0 Å². The zero-order chi connectivity index (χ0) is 36.3. The van der Waals surface area contributed by atoms with E-state index in [9.17, 15) is 0 Å². The number of benzene rings is 7. The zero-order valence-electron chi connectivity index (χ0n) is 30.4. The van der Waals surface area contributed by atoms with Crippen LogP contribution in [-0.4, -0.2) is 0 Å². The summed E-state index contributed by atoms with van der Waals surface area (Å²) in [5.74, 6) is 0.0959. The van der Waals surface area contributed by atoms with Gasteiger partial charge in [0.1, 0.15) is 0 Å². The van der Waals surface area contributed by atoms with Crippen molar-refractivity contribution >= 4 is 22.6 Å². The molecule has 0 saturated heterocycles. The van der Waals surface area contributed by atoms with Gasteiger partial charge in [0.2, 0.25) is 0 Å². The molecule has 2 aliphatic rings. The van der Waals surface area contributed by atoms with Gasteiger partial charge in [-0.2, -0.15) is 0 Å². The lowest BCUT2D eigenvalue weighted by Crippen LogP contribution is -2.32. The fourth-order valence-electron chi connectivity index (χ4n) is 8.32. The van der Waals surface area contributed by atoms with Gasteiger partial charge < -0.3 is 4.90 Å². The normalized spacial score (nSPS) is 17.3. The average Bonchev–Trinajstić information content (AvgIpc) is 3.25. The lowest BCUT2D eigenvalue weighted by atomic mass is 9.59. The van der Waals surface area contributed by atoms with E-state index in [0.717, 1.165) is 11.4 Å². The SMILES string of the molecule is CC12C(=CC=CC1c1ccccc1N(c1ccc(-c3ccccc3)cc1)c1ccc(-c3ccc(-c4ccccc4)cc3)cc1)C=CC=C2c1ccccc1. The second-order valence-corrected chi connectivity index (χ2v) is 14.3. The summed E-state index contributed by atoms with van der Waals surface area (Å²) in [7, 11) is 0. The van der Waals surface area contributed by atoms with Gasteiger partial charge in [-0.3, -0.25) is 0 Å². The van der Waals surface area contributed by atoms with Crippen LogP contribution < -0.4 is 4.90 Å². The van der Waals surface area contributed by atoms with Gasteiger partial charge in [0, 0.05) is 28.4 Å². The Bertz CT molecular complexity index is 2500. The molecule has 0 spiro atoms. The number of hydrogen-bond acceptors (Lipinski definition) is 1. The van der Waals surface area contributed by atoms with Crippen molar-refractivity contribution in [2.24, 2.45) is 5.41 Å². The fraction of sp³-hybridized carbons (Fsp3) is 0.0566. The molecule has 9 rings (SSSR count). The molecule has 0 heterocycles. The van der Waals surface area contributed by atoms with Crippen LogP contribution in [-0.2, 0) is 0 Å². The van der Waals surface area contributed by atoms with E-state index in [2.05, 4.69) is 236 Å². The Morgan fingerprint density at radius 2 is 0.833 bits per heavy atom. The topological polar surface area (TPSA) is 3.24 Å². The quantitative estimate of drug-likeness (QED) is 0.153. The maximum Gasteiger partial charge on any atom is 0.0500 e. The minimum absolute atomic E-state index is 0.0959. The molecule has 0 aliphatic heterocycles. The van der Waals surface area contributed by atoms with Crippen LogP contribution in [0, 0.1) is 5.41 Å². The predicted molar refractivity (Wildman–Crippen MR) is 229 cm³/mol. The van der Waals surface area contributed by atoms with Crippen LogP contribution in [0.25, 0.3) is 39.0 Å². The predicted octanol–water partition coefficient (Wildman–Crippen LogP) is 14.4. The molecule has 2 aliphatic carbocycles. The fourth-order valence-corrected chi connectivity index (χ4v) is 8.32. The molecule has 7 aromatic rings. The molecule has 2 atom stereocenters. The van der Waals surface area contributed by atoms with Gasteiger partial charge in [-0.25, -0.2) is 0 Å². The first-order valence-corrected chi connectivity index (χ1v) is 18.8. The Hall–Kier alpha value is -6.70. The molecular formula is C53H41N. The van der Waals surface area contributed by atoms with Crippen LogP contribution in [0.2, 0.25) is 0 Å². The summed E-state index contributed by atoms with van der Waals surface area (Å²) in [4.78, 5) is 2.44. The van der Waals surface area contributed by atoms with E-state index < -0.39 is 0 Å². The molecule has 0 saturated carbocycles. The monoisotopic (exact) mass is 691 g/mol. The van der Waals surface area contributed by atoms with E-state index in [4.69, 9.17) is 0 Å². The number of anilines is 3. The van der Waals surface area contributed by atoms with Gasteiger partial charge in [0.15, 0.2) is 0 Å². The van der Waals surface area contributed by atoms with Crippen LogP contribution in [0.4, 0.5) is 17.1 Å². The number of nitrogens with zero attached hydrogens (tertiary/aromatic N) is 1. The Morgan fingerprint density at radius 3 is 1.35 bits per heavy atom. The summed E-state index contributed by atoms with van der Waals surface area (Å²) in [6, 6.07) is 68.0. The van der Waals surface area contributed by atoms with Crippen molar-refractivity contribution in [2.75, 3.05) is 4.90 Å². The molecule has 0 radical (unpaired) electrons. The Morgan fingerprint density at radius 1 is 0.407 bits per heavy atom. The lowest BCUT2D eigenvalue weighted by molar-refractivity contribution is 0.478. The molecule has 0 bridgehead atoms. The Balaban J connectivity index is 1.14. The van der Waals surface area contributed by atoms with Crippen molar-refractivity contribution in [3.05, 3.63) is 241 Å². The molecule has 0 fully saturated rings. The summed E-state index contributed by atoms with van der Waals surface area (Å²) in [5, 5.41) is 0. The molecule has 0 aromatic heterocycles. The maximum atomic E-state index is 2.44. The van der Waals surface area contributed by atoms with Gasteiger partial charge in [-0.15, -0.1) is 0 Å². The zero-order valence-corrected chi connectivity index (χ0v) is 30.4. The van der Waals surface area contributed by atoms with E-state index in [1.165, 1.54) is 61.3 Å². The van der Waals surface area contributed by atoms with Crippen molar-refractivity contribution in [3.8, 4) is 33.4 Å². The van der Waals surface area contributed by atoms with Crippen molar-refractivity contribution in [1.29, 1.82) is 0 Å². The summed E-state index contributed by atoms with van der Waals surface area (Å²) >= 11 is 0. The van der Waals surface area contributed by atoms with Crippen molar-refractivity contribution in [1.82, 2.24) is 0 Å². The lowest BCUT2D eigenvalue weighted by Gasteiger charge is -2.44. The second kappa shape index (κ2) is 14.4. The smallest absolute Gasteiger partial charge is 0.0500 e. The summed E-state index contributed by atoms with van der Waals surface area (Å²) in [6.45, 7) is 2.42. The van der Waals surface area contributed by atoms with Gasteiger partial charge in [0.25, 0.3) is 0 Å². The van der Waals surface area contributed by atoms with Gasteiger partial charge in [-0.1, -0.05) is 201 Å². The summed E-state index contributed by atoms with van der Waals surface area (Å²) in [5.41, 5.74) is 15.6. The average molecular weight is 692 g/mol. The third kappa shape index (κ3) is 6.14. The largest absolute Gasteiger partial charge is 0.310 e. The van der Waals surface area contributed by atoms with E-state index >= 15 is 0 Å². The number of allylic oxidation sites excluding steroid dienone is 8. The molecule has 54 heavy (non-hydrogen) atoms. The molecular weight excluding hydrogens is 651 g/mol. The van der Waals surface area contributed by atoms with Crippen LogP contribution >= 0.6 is 0 Å². The van der Waals surface area contributed by atoms with Crippen LogP contribution in [0.15, 0.2) is 230 Å². The van der Waals surface area contributed by atoms with Gasteiger partial charge in [0.05, 0.1) is 0 Å². The maximum absolute atomic E-state index is 2.44. The standard InChI is InChI=1S/C53H41N/c1-53-46(21-13-24-50(53)45-19-9-4-10-20-45)22-14-25-51(53)49-23-11-12-26-52(49)54(47-35-31-43(32-36-47)40-17-7-3-8-18-40)48-37-33-44(34-38-48)42-29-27-41(28-30-42)39-15-5-2-6-16-39/h2-38,51H,1H3. The molecule has 258 valence electrons. The molecule has 2 unspecified atom stereocenters. The second-order valence-electron chi connectivity index (χ2n) is 14.3. The molecule has 7 aromatic carbocycles. The summed E-state index contributed by atoms with van der Waals surface area (Å²) in [6.07, 6.45) is 13.7. The first-order valence-electron chi connectivity index (χ1n) is 18.8. The minimum atomic E-state index is -0.264. The van der Waals surface area contributed by atoms with Crippen LogP contribution in [0.5, 0.6) is 0 Å². The highest BCUT2D eigenvalue weighted by Gasteiger charge is 2.43. The highest BCUT2D eigenvalue weighted by molar-refractivity contribution is 5.85. The van der Waals surface area contributed by atoms with E-state index in [0.29, 0.717) is 0 Å². The minimum Gasteiger partial charge on any atom is -0.310 e. The van der Waals surface area contributed by atoms with E-state index in [1.807, 2.05) is 0 Å². The Labute approximate surface area is 319 Å². The van der Waals surface area contributed by atoms with Crippen LogP contribution in [0.3, 0.4) is 0 Å². The first kappa shape index (κ1) is 33.2. The third-order valence-electron chi connectivity index (χ3n) is 11.2. The van der Waals surface area contributed by atoms with Crippen molar-refractivity contribution < 1.29 is 0 Å². The summed E-state index contributed by atoms with van der Waals surface area (Å²) < 4.78 is 0. The van der Waals surface area contributed by atoms with E-state index in [-0.39, 0.29) is 11.3 Å². The molecule has 1 nitrogen and oxygen atoms in total. The molecule has 0 N–H and O–H groups in total. The molecule has 0 amide bonds. The highest BCUT2D eigenvalue weighted by atomic mass is 15.1. The van der Waals surface area contributed by atoms with Crippen LogP contribution in [0.1, 0.15) is 24.0 Å². The third-order valence-corrected chi connectivity index (χ3v) is 11.2. The van der Waals surface area contributed by atoms with Crippen molar-refractivity contribution in [2.45, 2.75) is 12.8 Å². The Kier molecular flexibility index (Phi) is 8.83. The molecule has 1 heteroatoms. The van der Waals surface area contributed by atoms with Gasteiger partial charge >= 0.3 is 0 Å². The number of fused-ring (bicyclic) bond motifs is 1. The van der Waals surface area contributed by atoms with Gasteiger partial charge in [-0.05, 0) is 86.0 Å². The van der Waals surface area contributed by atoms with Crippen molar-refractivity contribution in [3.63, 3.8) is 0 Å². The number of hydrogen-bond donors (Lipinski definition) is 0. The first-order chi connectivity index (χ1) is 26.7. The number of para-hydroxylation sites is 1. The highest BCUT2D eigenvalue weighted by Crippen LogP contribution is 2.57.